The van der Waals surface area contributed by atoms with E-state index in [0.29, 0.717) is 5.06 Å². The van der Waals surface area contributed by atoms with E-state index in [0.717, 1.165) is 0 Å². The van der Waals surface area contributed by atoms with Gasteiger partial charge < -0.3 is 4.74 Å². The van der Waals surface area contributed by atoms with Crippen molar-refractivity contribution in [2.75, 3.05) is 0 Å². The highest BCUT2D eigenvalue weighted by Crippen LogP contribution is 2.14. The molecule has 0 saturated carbocycles. The smallest absolute Gasteiger partial charge is 0.429 e. The van der Waals surface area contributed by atoms with E-state index in [9.17, 15) is 14.4 Å². The van der Waals surface area contributed by atoms with Gasteiger partial charge in [-0.3, -0.25) is 14.4 Å². The number of imide groups is 1. The molecule has 0 spiro atoms. The second kappa shape index (κ2) is 4.96. The minimum atomic E-state index is -1.02. The molecule has 0 aromatic heterocycles. The molecule has 90 valence electrons. The van der Waals surface area contributed by atoms with Crippen LogP contribution in [0, 0.1) is 5.92 Å². The van der Waals surface area contributed by atoms with E-state index < -0.39 is 18.0 Å². The van der Waals surface area contributed by atoms with E-state index in [1.807, 2.05) is 13.8 Å². The molecular formula is C10H15NO5. The molecule has 0 N–H and O–H groups in total. The third kappa shape index (κ3) is 2.95. The zero-order valence-electron chi connectivity index (χ0n) is 9.56. The van der Waals surface area contributed by atoms with Crippen molar-refractivity contribution in [2.45, 2.75) is 39.7 Å². The summed E-state index contributed by atoms with van der Waals surface area (Å²) < 4.78 is 4.86. The molecule has 0 aromatic rings. The molecule has 1 aliphatic rings. The number of ether oxygens (including phenoxy) is 1. The normalized spacial score (nSPS) is 17.9. The summed E-state index contributed by atoms with van der Waals surface area (Å²) in [6, 6.07) is 0. The summed E-state index contributed by atoms with van der Waals surface area (Å²) in [5, 5.41) is 0.468. The lowest BCUT2D eigenvalue weighted by molar-refractivity contribution is -0.178. The fourth-order valence-electron chi connectivity index (χ4n) is 1.04. The van der Waals surface area contributed by atoms with Crippen LogP contribution in [0.3, 0.4) is 0 Å². The van der Waals surface area contributed by atoms with Crippen molar-refractivity contribution in [3.05, 3.63) is 0 Å². The van der Waals surface area contributed by atoms with Gasteiger partial charge in [0.25, 0.3) is 11.8 Å². The van der Waals surface area contributed by atoms with Crippen LogP contribution in [0.25, 0.3) is 0 Å². The summed E-state index contributed by atoms with van der Waals surface area (Å²) in [7, 11) is 0. The van der Waals surface area contributed by atoms with Crippen molar-refractivity contribution < 1.29 is 24.0 Å². The predicted octanol–water partition coefficient (Wildman–Crippen LogP) is 1.25. The van der Waals surface area contributed by atoms with Crippen molar-refractivity contribution in [1.82, 2.24) is 5.06 Å². The first-order chi connectivity index (χ1) is 7.41. The van der Waals surface area contributed by atoms with Crippen LogP contribution in [-0.2, 0) is 19.2 Å². The molecule has 0 aromatic carbocycles. The van der Waals surface area contributed by atoms with Gasteiger partial charge >= 0.3 is 6.16 Å². The van der Waals surface area contributed by atoms with E-state index >= 15 is 0 Å². The van der Waals surface area contributed by atoms with Gasteiger partial charge in [0.1, 0.15) is 6.10 Å². The SMILES string of the molecule is CC(C)C(C)OC(=O)ON1C(=O)CCC1=O. The second-order valence-corrected chi connectivity index (χ2v) is 3.99. The highest BCUT2D eigenvalue weighted by atomic mass is 16.8. The number of hydrogen-bond donors (Lipinski definition) is 0. The molecule has 1 unspecified atom stereocenters. The molecule has 0 radical (unpaired) electrons. The fraction of sp³-hybridized carbons (Fsp3) is 0.700. The Labute approximate surface area is 93.4 Å². The molecule has 2 amide bonds. The minimum absolute atomic E-state index is 0.0752. The van der Waals surface area contributed by atoms with Crippen molar-refractivity contribution in [2.24, 2.45) is 5.92 Å². The zero-order chi connectivity index (χ0) is 12.3. The Bertz CT molecular complexity index is 296. The number of nitrogens with zero attached hydrogens (tertiary/aromatic N) is 1. The fourth-order valence-corrected chi connectivity index (χ4v) is 1.04. The summed E-state index contributed by atoms with van der Waals surface area (Å²) >= 11 is 0. The van der Waals surface area contributed by atoms with Gasteiger partial charge in [0.2, 0.25) is 0 Å². The Morgan fingerprint density at radius 2 is 1.69 bits per heavy atom. The van der Waals surface area contributed by atoms with Crippen LogP contribution in [0.1, 0.15) is 33.6 Å². The average Bonchev–Trinajstić information content (AvgIpc) is 2.49. The number of hydroxylamine groups is 2. The highest BCUT2D eigenvalue weighted by molar-refractivity contribution is 6.01. The summed E-state index contributed by atoms with van der Waals surface area (Å²) in [6.45, 7) is 5.47. The van der Waals surface area contributed by atoms with Crippen LogP contribution < -0.4 is 0 Å². The maximum atomic E-state index is 11.2. The number of rotatable bonds is 3. The van der Waals surface area contributed by atoms with Gasteiger partial charge in [0, 0.05) is 12.8 Å². The number of amides is 2. The molecule has 1 heterocycles. The van der Waals surface area contributed by atoms with Crippen LogP contribution in [0.5, 0.6) is 0 Å². The lowest BCUT2D eigenvalue weighted by Crippen LogP contribution is -2.34. The van der Waals surface area contributed by atoms with Gasteiger partial charge in [0.15, 0.2) is 0 Å². The Morgan fingerprint density at radius 1 is 1.19 bits per heavy atom. The summed E-state index contributed by atoms with van der Waals surface area (Å²) in [5.74, 6) is -0.893. The molecule has 1 fully saturated rings. The van der Waals surface area contributed by atoms with E-state index in [2.05, 4.69) is 4.84 Å². The Kier molecular flexibility index (Phi) is 3.87. The molecule has 1 rings (SSSR count). The lowest BCUT2D eigenvalue weighted by Gasteiger charge is -2.18. The summed E-state index contributed by atoms with van der Waals surface area (Å²) in [6.07, 6.45) is -1.21. The molecule has 1 aliphatic heterocycles. The quantitative estimate of drug-likeness (QED) is 0.538. The Hall–Kier alpha value is -1.59. The molecule has 16 heavy (non-hydrogen) atoms. The van der Waals surface area contributed by atoms with E-state index in [-0.39, 0.29) is 24.9 Å². The zero-order valence-corrected chi connectivity index (χ0v) is 9.56. The number of carbonyl (C=O) groups excluding carboxylic acids is 3. The Balaban J connectivity index is 2.45. The van der Waals surface area contributed by atoms with E-state index in [1.54, 1.807) is 6.92 Å². The van der Waals surface area contributed by atoms with Gasteiger partial charge in [-0.1, -0.05) is 18.9 Å². The molecule has 1 saturated heterocycles. The van der Waals surface area contributed by atoms with Crippen molar-refractivity contribution in [1.29, 1.82) is 0 Å². The number of carbonyl (C=O) groups is 3. The van der Waals surface area contributed by atoms with Gasteiger partial charge in [0.05, 0.1) is 0 Å². The molecular weight excluding hydrogens is 214 g/mol. The van der Waals surface area contributed by atoms with Gasteiger partial charge in [-0.25, -0.2) is 4.79 Å². The van der Waals surface area contributed by atoms with Crippen molar-refractivity contribution in [3.8, 4) is 0 Å². The van der Waals surface area contributed by atoms with Crippen LogP contribution >= 0.6 is 0 Å². The second-order valence-electron chi connectivity index (χ2n) is 3.99. The monoisotopic (exact) mass is 229 g/mol. The lowest BCUT2D eigenvalue weighted by atomic mass is 10.1. The van der Waals surface area contributed by atoms with Crippen LogP contribution in [0.15, 0.2) is 0 Å². The number of hydrogen-bond acceptors (Lipinski definition) is 5. The van der Waals surface area contributed by atoms with E-state index in [1.165, 1.54) is 0 Å². The van der Waals surface area contributed by atoms with Gasteiger partial charge in [-0.15, -0.1) is 0 Å². The van der Waals surface area contributed by atoms with Crippen LogP contribution in [0.4, 0.5) is 4.79 Å². The van der Waals surface area contributed by atoms with Crippen molar-refractivity contribution >= 4 is 18.0 Å². The third-order valence-corrected chi connectivity index (χ3v) is 2.39. The van der Waals surface area contributed by atoms with Gasteiger partial charge in [-0.05, 0) is 12.8 Å². The average molecular weight is 229 g/mol. The molecule has 0 bridgehead atoms. The van der Waals surface area contributed by atoms with Crippen molar-refractivity contribution in [3.63, 3.8) is 0 Å². The predicted molar refractivity (Wildman–Crippen MR) is 53.0 cm³/mol. The molecule has 1 atom stereocenters. The molecule has 6 heteroatoms. The maximum absolute atomic E-state index is 11.2. The first-order valence-electron chi connectivity index (χ1n) is 5.16. The first kappa shape index (κ1) is 12.5. The largest absolute Gasteiger partial charge is 0.534 e. The topological polar surface area (TPSA) is 72.9 Å². The van der Waals surface area contributed by atoms with Crippen LogP contribution in [0.2, 0.25) is 0 Å². The van der Waals surface area contributed by atoms with Crippen LogP contribution in [-0.4, -0.2) is 29.1 Å². The maximum Gasteiger partial charge on any atom is 0.534 e. The molecule has 0 aliphatic carbocycles. The molecule has 6 nitrogen and oxygen atoms in total. The summed E-state index contributed by atoms with van der Waals surface area (Å²) in [4.78, 5) is 38.0. The third-order valence-electron chi connectivity index (χ3n) is 2.39. The minimum Gasteiger partial charge on any atom is -0.429 e. The standard InChI is InChI=1S/C10H15NO5/c1-6(2)7(3)15-10(14)16-11-8(12)4-5-9(11)13/h6-7H,4-5H2,1-3H3. The summed E-state index contributed by atoms with van der Waals surface area (Å²) in [5.41, 5.74) is 0. The van der Waals surface area contributed by atoms with E-state index in [4.69, 9.17) is 4.74 Å². The highest BCUT2D eigenvalue weighted by Gasteiger charge is 2.33. The first-order valence-corrected chi connectivity index (χ1v) is 5.16. The Morgan fingerprint density at radius 3 is 2.12 bits per heavy atom. The van der Waals surface area contributed by atoms with Gasteiger partial charge in [-0.2, -0.15) is 0 Å².